The summed E-state index contributed by atoms with van der Waals surface area (Å²) in [6.45, 7) is 8.85. The number of hydrogen-bond acceptors (Lipinski definition) is 1. The fourth-order valence-corrected chi connectivity index (χ4v) is 4.52. The average Bonchev–Trinajstić information content (AvgIpc) is 2.48. The van der Waals surface area contributed by atoms with E-state index in [1.54, 1.807) is 0 Å². The van der Waals surface area contributed by atoms with Crippen molar-refractivity contribution < 1.29 is 0 Å². The zero-order valence-corrected chi connectivity index (χ0v) is 11.2. The second-order valence-corrected chi connectivity index (χ2v) is 7.37. The summed E-state index contributed by atoms with van der Waals surface area (Å²) in [5, 5.41) is 3.91. The largest absolute Gasteiger partial charge is 0.313 e. The van der Waals surface area contributed by atoms with Gasteiger partial charge in [0, 0.05) is 6.04 Å². The molecule has 3 unspecified atom stereocenters. The van der Waals surface area contributed by atoms with Crippen LogP contribution in [0.15, 0.2) is 0 Å². The van der Waals surface area contributed by atoms with Crippen molar-refractivity contribution in [3.8, 4) is 0 Å². The Bertz CT molecular complexity index is 279. The second kappa shape index (κ2) is 3.48. The molecule has 3 aliphatic rings. The fraction of sp³-hybridized carbons (Fsp3) is 1.00. The molecule has 0 radical (unpaired) electrons. The summed E-state index contributed by atoms with van der Waals surface area (Å²) in [5.74, 6) is 1.99. The van der Waals surface area contributed by atoms with Crippen LogP contribution in [0.3, 0.4) is 0 Å². The van der Waals surface area contributed by atoms with Gasteiger partial charge in [-0.1, -0.05) is 27.2 Å². The van der Waals surface area contributed by atoms with Crippen molar-refractivity contribution in [1.82, 2.24) is 5.32 Å². The summed E-state index contributed by atoms with van der Waals surface area (Å²) in [4.78, 5) is 0. The van der Waals surface area contributed by atoms with Crippen LogP contribution in [0.4, 0.5) is 0 Å². The van der Waals surface area contributed by atoms with Crippen LogP contribution in [0, 0.1) is 22.7 Å². The molecule has 0 aliphatic heterocycles. The highest BCUT2D eigenvalue weighted by atomic mass is 15.0. The molecule has 1 heteroatoms. The monoisotopic (exact) mass is 221 g/mol. The zero-order valence-electron chi connectivity index (χ0n) is 11.2. The first-order valence-electron chi connectivity index (χ1n) is 7.27. The maximum Gasteiger partial charge on any atom is 0.0129 e. The van der Waals surface area contributed by atoms with E-state index < -0.39 is 0 Å². The molecule has 16 heavy (non-hydrogen) atoms. The molecule has 0 aromatic carbocycles. The minimum absolute atomic E-state index is 0.571. The van der Waals surface area contributed by atoms with Gasteiger partial charge in [0.15, 0.2) is 0 Å². The molecule has 3 aliphatic carbocycles. The van der Waals surface area contributed by atoms with Crippen LogP contribution in [0.2, 0.25) is 0 Å². The summed E-state index contributed by atoms with van der Waals surface area (Å²) in [6.07, 6.45) is 8.79. The van der Waals surface area contributed by atoms with E-state index in [4.69, 9.17) is 0 Å². The molecule has 3 atom stereocenters. The van der Waals surface area contributed by atoms with Gasteiger partial charge in [0.2, 0.25) is 0 Å². The standard InChI is InChI=1S/C15H27N/c1-14(2)12-7-8-15(14,3)13(9-12)16-10-11-5-4-6-11/h11-13,16H,4-10H2,1-3H3. The molecule has 3 rings (SSSR count). The molecular formula is C15H27N. The minimum Gasteiger partial charge on any atom is -0.313 e. The van der Waals surface area contributed by atoms with E-state index in [0.717, 1.165) is 17.9 Å². The van der Waals surface area contributed by atoms with Crippen molar-refractivity contribution >= 4 is 0 Å². The molecule has 3 fully saturated rings. The van der Waals surface area contributed by atoms with E-state index in [0.29, 0.717) is 10.8 Å². The lowest BCUT2D eigenvalue weighted by atomic mass is 9.69. The van der Waals surface area contributed by atoms with Gasteiger partial charge in [-0.15, -0.1) is 0 Å². The molecule has 0 aromatic heterocycles. The van der Waals surface area contributed by atoms with E-state index in [1.165, 1.54) is 45.1 Å². The van der Waals surface area contributed by atoms with Crippen molar-refractivity contribution in [3.63, 3.8) is 0 Å². The Morgan fingerprint density at radius 3 is 2.31 bits per heavy atom. The van der Waals surface area contributed by atoms with E-state index in [9.17, 15) is 0 Å². The summed E-state index contributed by atoms with van der Waals surface area (Å²) in [7, 11) is 0. The lowest BCUT2D eigenvalue weighted by molar-refractivity contribution is 0.115. The third-order valence-electron chi connectivity index (χ3n) is 6.67. The topological polar surface area (TPSA) is 12.0 Å². The van der Waals surface area contributed by atoms with Crippen LogP contribution < -0.4 is 5.32 Å². The average molecular weight is 221 g/mol. The SMILES string of the molecule is CC1(C)C2CCC1(C)C(NCC1CCC1)C2. The fourth-order valence-electron chi connectivity index (χ4n) is 4.52. The van der Waals surface area contributed by atoms with Crippen molar-refractivity contribution in [3.05, 3.63) is 0 Å². The summed E-state index contributed by atoms with van der Waals surface area (Å²) >= 11 is 0. The highest BCUT2D eigenvalue weighted by Gasteiger charge is 2.60. The number of hydrogen-bond donors (Lipinski definition) is 1. The Kier molecular flexibility index (Phi) is 2.41. The Balaban J connectivity index is 1.64. The Labute approximate surface area is 100 Å². The van der Waals surface area contributed by atoms with Gasteiger partial charge in [0.1, 0.15) is 0 Å². The normalized spacial score (nSPS) is 45.9. The number of fused-ring (bicyclic) bond motifs is 2. The summed E-state index contributed by atoms with van der Waals surface area (Å²) < 4.78 is 0. The third kappa shape index (κ3) is 1.33. The van der Waals surface area contributed by atoms with Gasteiger partial charge < -0.3 is 5.32 Å². The van der Waals surface area contributed by atoms with Crippen LogP contribution in [0.25, 0.3) is 0 Å². The predicted molar refractivity (Wildman–Crippen MR) is 68.4 cm³/mol. The van der Waals surface area contributed by atoms with Gasteiger partial charge in [-0.2, -0.15) is 0 Å². The van der Waals surface area contributed by atoms with E-state index in [1.807, 2.05) is 0 Å². The van der Waals surface area contributed by atoms with Gasteiger partial charge in [-0.05, 0) is 61.3 Å². The van der Waals surface area contributed by atoms with Crippen molar-refractivity contribution in [2.45, 2.75) is 65.3 Å². The van der Waals surface area contributed by atoms with E-state index >= 15 is 0 Å². The third-order valence-corrected chi connectivity index (χ3v) is 6.67. The van der Waals surface area contributed by atoms with Crippen LogP contribution in [0.1, 0.15) is 59.3 Å². The zero-order chi connectivity index (χ0) is 11.4. The van der Waals surface area contributed by atoms with Crippen molar-refractivity contribution in [2.75, 3.05) is 6.54 Å². The van der Waals surface area contributed by atoms with Gasteiger partial charge in [-0.25, -0.2) is 0 Å². The molecule has 92 valence electrons. The van der Waals surface area contributed by atoms with Gasteiger partial charge in [0.25, 0.3) is 0 Å². The van der Waals surface area contributed by atoms with Gasteiger partial charge in [-0.3, -0.25) is 0 Å². The maximum absolute atomic E-state index is 3.91. The first kappa shape index (κ1) is 11.1. The lowest BCUT2D eigenvalue weighted by Gasteiger charge is -2.40. The van der Waals surface area contributed by atoms with E-state index in [2.05, 4.69) is 26.1 Å². The van der Waals surface area contributed by atoms with Crippen molar-refractivity contribution in [2.24, 2.45) is 22.7 Å². The molecule has 3 saturated carbocycles. The van der Waals surface area contributed by atoms with Crippen molar-refractivity contribution in [1.29, 1.82) is 0 Å². The molecule has 0 aromatic rings. The quantitative estimate of drug-likeness (QED) is 0.768. The van der Waals surface area contributed by atoms with Gasteiger partial charge in [0.05, 0.1) is 0 Å². The first-order chi connectivity index (χ1) is 7.54. The van der Waals surface area contributed by atoms with Gasteiger partial charge >= 0.3 is 0 Å². The lowest BCUT2D eigenvalue weighted by Crippen LogP contribution is -2.46. The highest BCUT2D eigenvalue weighted by molar-refractivity contribution is 5.13. The number of nitrogens with one attached hydrogen (secondary N) is 1. The Hall–Kier alpha value is -0.0400. The van der Waals surface area contributed by atoms with Crippen LogP contribution in [-0.4, -0.2) is 12.6 Å². The summed E-state index contributed by atoms with van der Waals surface area (Å²) in [5.41, 5.74) is 1.14. The molecular weight excluding hydrogens is 194 g/mol. The molecule has 0 saturated heterocycles. The molecule has 0 amide bonds. The first-order valence-corrected chi connectivity index (χ1v) is 7.27. The summed E-state index contributed by atoms with van der Waals surface area (Å²) in [6, 6.07) is 0.807. The van der Waals surface area contributed by atoms with Crippen LogP contribution in [-0.2, 0) is 0 Å². The second-order valence-electron chi connectivity index (χ2n) is 7.37. The van der Waals surface area contributed by atoms with Crippen LogP contribution >= 0.6 is 0 Å². The predicted octanol–water partition coefficient (Wildman–Crippen LogP) is 3.59. The minimum atomic E-state index is 0.571. The highest BCUT2D eigenvalue weighted by Crippen LogP contribution is 2.65. The maximum atomic E-state index is 3.91. The van der Waals surface area contributed by atoms with Crippen LogP contribution in [0.5, 0.6) is 0 Å². The Morgan fingerprint density at radius 1 is 1.12 bits per heavy atom. The molecule has 2 bridgehead atoms. The Morgan fingerprint density at radius 2 is 1.88 bits per heavy atom. The van der Waals surface area contributed by atoms with E-state index in [-0.39, 0.29) is 0 Å². The molecule has 0 heterocycles. The smallest absolute Gasteiger partial charge is 0.0129 e. The molecule has 1 N–H and O–H groups in total. The molecule has 0 spiro atoms. The number of rotatable bonds is 3. The molecule has 1 nitrogen and oxygen atoms in total.